The first kappa shape index (κ1) is 9.00. The third-order valence-electron chi connectivity index (χ3n) is 1.25. The van der Waals surface area contributed by atoms with Crippen molar-refractivity contribution in [1.29, 1.82) is 0 Å². The fourth-order valence-corrected chi connectivity index (χ4v) is 2.78. The Balaban J connectivity index is 2.35. The maximum atomic E-state index is 10.8. The van der Waals surface area contributed by atoms with E-state index in [0.29, 0.717) is 6.42 Å². The highest BCUT2D eigenvalue weighted by Crippen LogP contribution is 2.28. The van der Waals surface area contributed by atoms with Crippen LogP contribution >= 0.6 is 23.5 Å². The Bertz CT molecular complexity index is 177. The smallest absolute Gasteiger partial charge is 0.310 e. The van der Waals surface area contributed by atoms with E-state index in [1.807, 2.05) is 5.41 Å². The predicted octanol–water partition coefficient (Wildman–Crippen LogP) is 1.87. The van der Waals surface area contributed by atoms with Gasteiger partial charge in [-0.05, 0) is 5.41 Å². The first-order valence-corrected chi connectivity index (χ1v) is 5.36. The van der Waals surface area contributed by atoms with Crippen LogP contribution in [0.3, 0.4) is 0 Å². The Morgan fingerprint density at radius 3 is 3.09 bits per heavy atom. The SMILES string of the molecule is COC(=O)CC1=CSCCS1. The first-order chi connectivity index (χ1) is 5.33. The Kier molecular flexibility index (Phi) is 3.86. The van der Waals surface area contributed by atoms with E-state index >= 15 is 0 Å². The highest BCUT2D eigenvalue weighted by atomic mass is 32.2. The summed E-state index contributed by atoms with van der Waals surface area (Å²) >= 11 is 3.51. The number of carbonyl (C=O) groups is 1. The summed E-state index contributed by atoms with van der Waals surface area (Å²) in [6, 6.07) is 0. The quantitative estimate of drug-likeness (QED) is 0.621. The van der Waals surface area contributed by atoms with E-state index in [-0.39, 0.29) is 5.97 Å². The van der Waals surface area contributed by atoms with Gasteiger partial charge >= 0.3 is 5.97 Å². The Morgan fingerprint density at radius 1 is 1.73 bits per heavy atom. The molecule has 0 aromatic heterocycles. The normalized spacial score (nSPS) is 17.4. The van der Waals surface area contributed by atoms with Crippen LogP contribution in [0.15, 0.2) is 10.3 Å². The van der Waals surface area contributed by atoms with Crippen LogP contribution in [-0.4, -0.2) is 24.6 Å². The molecule has 0 aromatic rings. The second kappa shape index (κ2) is 4.72. The van der Waals surface area contributed by atoms with E-state index < -0.39 is 0 Å². The number of methoxy groups -OCH3 is 1. The number of hydrogen-bond acceptors (Lipinski definition) is 4. The van der Waals surface area contributed by atoms with E-state index in [2.05, 4.69) is 4.74 Å². The van der Waals surface area contributed by atoms with Crippen LogP contribution in [0.2, 0.25) is 0 Å². The predicted molar refractivity (Wildman–Crippen MR) is 49.6 cm³/mol. The van der Waals surface area contributed by atoms with Crippen LogP contribution in [0.25, 0.3) is 0 Å². The monoisotopic (exact) mass is 190 g/mol. The molecule has 0 aromatic carbocycles. The molecule has 1 aliphatic heterocycles. The van der Waals surface area contributed by atoms with E-state index in [1.165, 1.54) is 7.11 Å². The zero-order valence-electron chi connectivity index (χ0n) is 6.33. The van der Waals surface area contributed by atoms with Crippen molar-refractivity contribution in [2.75, 3.05) is 18.6 Å². The van der Waals surface area contributed by atoms with Crippen LogP contribution in [0, 0.1) is 0 Å². The summed E-state index contributed by atoms with van der Waals surface area (Å²) < 4.78 is 4.55. The molecule has 0 saturated heterocycles. The van der Waals surface area contributed by atoms with Gasteiger partial charge < -0.3 is 4.74 Å². The lowest BCUT2D eigenvalue weighted by Gasteiger charge is -2.09. The first-order valence-electron chi connectivity index (χ1n) is 3.33. The number of hydrogen-bond donors (Lipinski definition) is 0. The third-order valence-corrected chi connectivity index (χ3v) is 3.59. The standard InChI is InChI=1S/C7H10O2S2/c1-9-7(8)4-6-5-10-2-3-11-6/h5H,2-4H2,1H3. The summed E-state index contributed by atoms with van der Waals surface area (Å²) in [6.07, 6.45) is 0.439. The van der Waals surface area contributed by atoms with Gasteiger partial charge in [0.25, 0.3) is 0 Å². The molecule has 0 bridgehead atoms. The molecule has 4 heteroatoms. The average molecular weight is 190 g/mol. The minimum Gasteiger partial charge on any atom is -0.469 e. The van der Waals surface area contributed by atoms with E-state index in [9.17, 15) is 4.79 Å². The van der Waals surface area contributed by atoms with Crippen molar-refractivity contribution in [3.8, 4) is 0 Å². The van der Waals surface area contributed by atoms with Gasteiger partial charge in [-0.3, -0.25) is 4.79 Å². The van der Waals surface area contributed by atoms with E-state index in [4.69, 9.17) is 0 Å². The van der Waals surface area contributed by atoms with Crippen molar-refractivity contribution in [3.05, 3.63) is 10.3 Å². The molecular formula is C7H10O2S2. The second-order valence-electron chi connectivity index (χ2n) is 2.06. The minimum atomic E-state index is -0.147. The van der Waals surface area contributed by atoms with Crippen molar-refractivity contribution in [1.82, 2.24) is 0 Å². The lowest BCUT2D eigenvalue weighted by atomic mass is 10.4. The molecule has 1 rings (SSSR count). The lowest BCUT2D eigenvalue weighted by molar-refractivity contribution is -0.139. The van der Waals surface area contributed by atoms with Crippen molar-refractivity contribution in [2.45, 2.75) is 6.42 Å². The molecule has 1 heterocycles. The zero-order valence-corrected chi connectivity index (χ0v) is 7.96. The molecular weight excluding hydrogens is 180 g/mol. The molecule has 0 radical (unpaired) electrons. The van der Waals surface area contributed by atoms with Crippen molar-refractivity contribution >= 4 is 29.5 Å². The Morgan fingerprint density at radius 2 is 2.55 bits per heavy atom. The molecule has 0 atom stereocenters. The molecule has 2 nitrogen and oxygen atoms in total. The Hall–Kier alpha value is -0.0900. The third kappa shape index (κ3) is 3.20. The summed E-state index contributed by atoms with van der Waals surface area (Å²) in [4.78, 5) is 11.9. The summed E-state index contributed by atoms with van der Waals surface area (Å²) in [5, 5.41) is 2.05. The molecule has 0 spiro atoms. The van der Waals surface area contributed by atoms with E-state index in [0.717, 1.165) is 16.4 Å². The van der Waals surface area contributed by atoms with Crippen LogP contribution in [0.5, 0.6) is 0 Å². The number of esters is 1. The topological polar surface area (TPSA) is 26.3 Å². The van der Waals surface area contributed by atoms with Crippen LogP contribution in [0.4, 0.5) is 0 Å². The van der Waals surface area contributed by atoms with Gasteiger partial charge in [-0.2, -0.15) is 0 Å². The van der Waals surface area contributed by atoms with Gasteiger partial charge in [0, 0.05) is 16.4 Å². The van der Waals surface area contributed by atoms with Gasteiger partial charge in [0.05, 0.1) is 13.5 Å². The van der Waals surface area contributed by atoms with Gasteiger partial charge in [-0.25, -0.2) is 0 Å². The van der Waals surface area contributed by atoms with Crippen LogP contribution < -0.4 is 0 Å². The fourth-order valence-electron chi connectivity index (χ4n) is 0.714. The van der Waals surface area contributed by atoms with Crippen molar-refractivity contribution in [2.24, 2.45) is 0 Å². The van der Waals surface area contributed by atoms with Crippen molar-refractivity contribution < 1.29 is 9.53 Å². The molecule has 0 unspecified atom stereocenters. The van der Waals surface area contributed by atoms with Crippen molar-refractivity contribution in [3.63, 3.8) is 0 Å². The molecule has 1 aliphatic rings. The largest absolute Gasteiger partial charge is 0.469 e. The molecule has 0 saturated carbocycles. The minimum absolute atomic E-state index is 0.147. The second-order valence-corrected chi connectivity index (χ2v) is 4.25. The van der Waals surface area contributed by atoms with Gasteiger partial charge in [0.2, 0.25) is 0 Å². The fraction of sp³-hybridized carbons (Fsp3) is 0.571. The maximum absolute atomic E-state index is 10.8. The highest BCUT2D eigenvalue weighted by molar-refractivity contribution is 8.09. The number of rotatable bonds is 2. The molecule has 0 aliphatic carbocycles. The Labute approximate surface area is 74.8 Å². The average Bonchev–Trinajstić information content (AvgIpc) is 2.06. The maximum Gasteiger partial charge on any atom is 0.310 e. The molecule has 0 amide bonds. The van der Waals surface area contributed by atoms with E-state index in [1.54, 1.807) is 23.5 Å². The summed E-state index contributed by atoms with van der Waals surface area (Å²) in [6.45, 7) is 0. The molecule has 0 fully saturated rings. The molecule has 11 heavy (non-hydrogen) atoms. The number of ether oxygens (including phenoxy) is 1. The number of thioether (sulfide) groups is 2. The van der Waals surface area contributed by atoms with Crippen LogP contribution in [-0.2, 0) is 9.53 Å². The van der Waals surface area contributed by atoms with Crippen LogP contribution in [0.1, 0.15) is 6.42 Å². The van der Waals surface area contributed by atoms with Gasteiger partial charge in [-0.15, -0.1) is 23.5 Å². The van der Waals surface area contributed by atoms with Gasteiger partial charge in [-0.1, -0.05) is 0 Å². The zero-order chi connectivity index (χ0) is 8.10. The van der Waals surface area contributed by atoms with Gasteiger partial charge in [0.15, 0.2) is 0 Å². The summed E-state index contributed by atoms with van der Waals surface area (Å²) in [5.41, 5.74) is 0. The lowest BCUT2D eigenvalue weighted by Crippen LogP contribution is -2.02. The number of carbonyl (C=O) groups excluding carboxylic acids is 1. The molecule has 0 N–H and O–H groups in total. The summed E-state index contributed by atoms with van der Waals surface area (Å²) in [7, 11) is 1.42. The summed E-state index contributed by atoms with van der Waals surface area (Å²) in [5.74, 6) is 2.11. The van der Waals surface area contributed by atoms with Gasteiger partial charge in [0.1, 0.15) is 0 Å². The molecule has 62 valence electrons. The highest BCUT2D eigenvalue weighted by Gasteiger charge is 2.09.